The molecule has 0 aliphatic heterocycles. The first-order chi connectivity index (χ1) is 25.3. The van der Waals surface area contributed by atoms with Crippen LogP contribution in [-0.4, -0.2) is 50.9 Å². The summed E-state index contributed by atoms with van der Waals surface area (Å²) in [6.07, 6.45) is 5.44. The maximum atomic E-state index is 13.8. The molecule has 9 nitrogen and oxygen atoms in total. The second-order valence-corrected chi connectivity index (χ2v) is 15.2. The fourth-order valence-corrected chi connectivity index (χ4v) is 8.91. The maximum absolute atomic E-state index is 13.8. The number of thiophene rings is 1. The number of esters is 1. The van der Waals surface area contributed by atoms with E-state index in [4.69, 9.17) is 10.5 Å². The van der Waals surface area contributed by atoms with E-state index in [2.05, 4.69) is 10.3 Å². The molecule has 1 fully saturated rings. The van der Waals surface area contributed by atoms with Crippen LogP contribution in [0, 0.1) is 23.7 Å². The summed E-state index contributed by atoms with van der Waals surface area (Å²) in [6, 6.07) is 27.1. The number of carbonyl (C=O) groups is 2. The molecule has 0 spiro atoms. The molecule has 2 aromatic heterocycles. The Kier molecular flexibility index (Phi) is 13.0. The third-order valence-electron chi connectivity index (χ3n) is 10.7. The van der Waals surface area contributed by atoms with Gasteiger partial charge in [-0.15, -0.1) is 11.3 Å². The number of aliphatic hydroxyl groups excluding tert-OH is 3. The van der Waals surface area contributed by atoms with E-state index in [0.717, 1.165) is 31.3 Å². The second kappa shape index (κ2) is 18.0. The highest BCUT2D eigenvalue weighted by molar-refractivity contribution is 7.19. The van der Waals surface area contributed by atoms with Gasteiger partial charge in [-0.25, -0.2) is 0 Å². The molecular formula is C42H49N3O6S. The molecule has 2 heterocycles. The van der Waals surface area contributed by atoms with Crippen LogP contribution in [0.2, 0.25) is 0 Å². The Morgan fingerprint density at radius 3 is 2.44 bits per heavy atom. The quantitative estimate of drug-likeness (QED) is 0.0634. The molecule has 6 N–H and O–H groups in total. The predicted octanol–water partition coefficient (Wildman–Crippen LogP) is 7.14. The molecular weight excluding hydrogens is 675 g/mol. The molecule has 5 aromatic rings. The first kappa shape index (κ1) is 37.6. The fraction of sp³-hybridized carbons (Fsp3) is 0.405. The zero-order chi connectivity index (χ0) is 36.5. The van der Waals surface area contributed by atoms with Gasteiger partial charge >= 0.3 is 5.97 Å². The number of pyridine rings is 1. The molecule has 2 unspecified atom stereocenters. The lowest BCUT2D eigenvalue weighted by molar-refractivity contribution is -0.145. The first-order valence-electron chi connectivity index (χ1n) is 18.4. The number of nitrogens with one attached hydrogen (secondary N) is 1. The van der Waals surface area contributed by atoms with E-state index in [0.29, 0.717) is 50.6 Å². The number of nitrogens with zero attached hydrogens (tertiary/aromatic N) is 1. The van der Waals surface area contributed by atoms with Gasteiger partial charge in [-0.3, -0.25) is 14.6 Å². The summed E-state index contributed by atoms with van der Waals surface area (Å²) in [5.74, 6) is -1.60. The van der Waals surface area contributed by atoms with Crippen LogP contribution in [0.4, 0.5) is 5.69 Å². The summed E-state index contributed by atoms with van der Waals surface area (Å²) < 4.78 is 6.68. The first-order valence-corrected chi connectivity index (χ1v) is 19.2. The average Bonchev–Trinajstić information content (AvgIpc) is 3.71. The largest absolute Gasteiger partial charge is 0.461 e. The molecule has 1 aliphatic rings. The molecule has 0 radical (unpaired) electrons. The minimum atomic E-state index is -0.649. The zero-order valence-electron chi connectivity index (χ0n) is 29.3. The van der Waals surface area contributed by atoms with E-state index >= 15 is 0 Å². The van der Waals surface area contributed by atoms with Crippen LogP contribution in [0.1, 0.15) is 67.9 Å². The molecule has 3 aromatic carbocycles. The van der Waals surface area contributed by atoms with Crippen molar-refractivity contribution in [3.05, 3.63) is 108 Å². The minimum absolute atomic E-state index is 0.107. The van der Waals surface area contributed by atoms with Gasteiger partial charge in [0, 0.05) is 46.0 Å². The summed E-state index contributed by atoms with van der Waals surface area (Å²) in [7, 11) is 0. The Morgan fingerprint density at radius 2 is 1.65 bits per heavy atom. The Bertz CT molecular complexity index is 1880. The molecule has 10 heteroatoms. The number of nitrogens with two attached hydrogens (primary N) is 1. The van der Waals surface area contributed by atoms with Gasteiger partial charge in [-0.2, -0.15) is 0 Å². The van der Waals surface area contributed by atoms with Crippen molar-refractivity contribution in [2.75, 3.05) is 11.9 Å². The normalized spacial score (nSPS) is 20.5. The van der Waals surface area contributed by atoms with Crippen LogP contribution in [0.15, 0.2) is 97.3 Å². The second-order valence-electron chi connectivity index (χ2n) is 14.1. The molecule has 0 saturated heterocycles. The number of aliphatic hydroxyl groups is 3. The number of hydrogen-bond donors (Lipinski definition) is 5. The number of aromatic nitrogens is 1. The number of ether oxygens (including phenoxy) is 1. The molecule has 6 rings (SSSR count). The number of amides is 1. The molecule has 1 aliphatic carbocycles. The smallest absolute Gasteiger partial charge is 0.306 e. The number of anilines is 1. The van der Waals surface area contributed by atoms with Crippen molar-refractivity contribution in [3.8, 4) is 0 Å². The topological polar surface area (TPSA) is 155 Å². The van der Waals surface area contributed by atoms with Crippen molar-refractivity contribution in [2.24, 2.45) is 29.4 Å². The minimum Gasteiger partial charge on any atom is -0.461 e. The van der Waals surface area contributed by atoms with Gasteiger partial charge in [0.05, 0.1) is 24.2 Å². The summed E-state index contributed by atoms with van der Waals surface area (Å²) >= 11 is 1.58. The van der Waals surface area contributed by atoms with E-state index in [1.165, 1.54) is 0 Å². The number of rotatable bonds is 17. The lowest BCUT2D eigenvalue weighted by Gasteiger charge is -2.28. The number of fused-ring (bicyclic) bond motifs is 2. The monoisotopic (exact) mass is 723 g/mol. The Morgan fingerprint density at radius 1 is 0.885 bits per heavy atom. The summed E-state index contributed by atoms with van der Waals surface area (Å²) in [5.41, 5.74) is 7.84. The Hall–Kier alpha value is -4.19. The van der Waals surface area contributed by atoms with Crippen LogP contribution < -0.4 is 11.1 Å². The van der Waals surface area contributed by atoms with E-state index in [-0.39, 0.29) is 49.2 Å². The standard InChI is InChI=1S/C42H49N3O6S/c43-24-35(42(50)45-32-15-13-31-25-44-20-19-29(31)21-32)28(14-18-41(49)51-26-27-7-2-1-3-8-27)10-6-11-33-34(38(48)23-37(33)47)16-17-36(46)40-22-30-9-4-5-12-39(30)52-40/h1-5,7-9,12-13,15,19-22,25,28,33-38,46-48H,6,10-11,14,16-18,23-24,26,43H2,(H,45,50)/t28?,33-,34-,35?,36-,37+,38-/m1/s1. The highest BCUT2D eigenvalue weighted by atomic mass is 32.1. The SMILES string of the molecule is NCC(C(=O)Nc1ccc2cnccc2c1)C(CCC[C@@H]1[C@@H](CC[C@@H](O)c2cc3ccccc3s2)[C@H](O)C[C@@H]1O)CCC(=O)OCc1ccccc1. The van der Waals surface area contributed by atoms with Crippen molar-refractivity contribution in [1.29, 1.82) is 0 Å². The van der Waals surface area contributed by atoms with Gasteiger partial charge in [0.1, 0.15) is 6.61 Å². The van der Waals surface area contributed by atoms with Gasteiger partial charge in [0.15, 0.2) is 0 Å². The molecule has 0 bridgehead atoms. The molecule has 274 valence electrons. The van der Waals surface area contributed by atoms with Crippen molar-refractivity contribution in [1.82, 2.24) is 4.98 Å². The van der Waals surface area contributed by atoms with Gasteiger partial charge in [-0.05, 0) is 103 Å². The van der Waals surface area contributed by atoms with Gasteiger partial charge in [-0.1, -0.05) is 61.0 Å². The lowest BCUT2D eigenvalue weighted by Crippen LogP contribution is -2.35. The number of carbonyl (C=O) groups excluding carboxylic acids is 2. The summed E-state index contributed by atoms with van der Waals surface area (Å²) in [6.45, 7) is 0.291. The van der Waals surface area contributed by atoms with E-state index in [9.17, 15) is 24.9 Å². The van der Waals surface area contributed by atoms with Gasteiger partial charge in [0.25, 0.3) is 0 Å². The van der Waals surface area contributed by atoms with Gasteiger partial charge in [0.2, 0.25) is 5.91 Å². The van der Waals surface area contributed by atoms with Crippen LogP contribution in [0.3, 0.4) is 0 Å². The van der Waals surface area contributed by atoms with Gasteiger partial charge < -0.3 is 31.1 Å². The molecule has 52 heavy (non-hydrogen) atoms. The van der Waals surface area contributed by atoms with E-state index in [1.807, 2.05) is 84.9 Å². The lowest BCUT2D eigenvalue weighted by atomic mass is 9.80. The fourth-order valence-electron chi connectivity index (χ4n) is 7.83. The van der Waals surface area contributed by atoms with Crippen LogP contribution in [-0.2, 0) is 20.9 Å². The summed E-state index contributed by atoms with van der Waals surface area (Å²) in [4.78, 5) is 31.7. The number of benzene rings is 3. The van der Waals surface area contributed by atoms with E-state index in [1.54, 1.807) is 23.7 Å². The highest BCUT2D eigenvalue weighted by Crippen LogP contribution is 2.42. The highest BCUT2D eigenvalue weighted by Gasteiger charge is 2.41. The Balaban J connectivity index is 1.09. The summed E-state index contributed by atoms with van der Waals surface area (Å²) in [5, 5.41) is 39.1. The molecule has 1 amide bonds. The van der Waals surface area contributed by atoms with Crippen LogP contribution in [0.25, 0.3) is 20.9 Å². The van der Waals surface area contributed by atoms with Crippen molar-refractivity contribution >= 4 is 49.8 Å². The number of hydrogen-bond acceptors (Lipinski definition) is 9. The van der Waals surface area contributed by atoms with Crippen molar-refractivity contribution < 1.29 is 29.6 Å². The average molecular weight is 724 g/mol. The van der Waals surface area contributed by atoms with Crippen LogP contribution >= 0.6 is 11.3 Å². The predicted molar refractivity (Wildman–Crippen MR) is 205 cm³/mol. The Labute approximate surface area is 308 Å². The maximum Gasteiger partial charge on any atom is 0.306 e. The van der Waals surface area contributed by atoms with E-state index < -0.39 is 24.2 Å². The molecule has 1 saturated carbocycles. The van der Waals surface area contributed by atoms with Crippen LogP contribution in [0.5, 0.6) is 0 Å². The third-order valence-corrected chi connectivity index (χ3v) is 11.9. The molecule has 7 atom stereocenters. The van der Waals surface area contributed by atoms with Crippen molar-refractivity contribution in [2.45, 2.75) is 76.3 Å². The zero-order valence-corrected chi connectivity index (χ0v) is 30.2. The van der Waals surface area contributed by atoms with Crippen molar-refractivity contribution in [3.63, 3.8) is 0 Å². The third kappa shape index (κ3) is 9.61.